The Morgan fingerprint density at radius 1 is 1.19 bits per heavy atom. The number of nitrogens with one attached hydrogen (secondary N) is 1. The lowest BCUT2D eigenvalue weighted by atomic mass is 9.90. The lowest BCUT2D eigenvalue weighted by molar-refractivity contribution is 0.411. The summed E-state index contributed by atoms with van der Waals surface area (Å²) in [5.41, 5.74) is 7.55. The van der Waals surface area contributed by atoms with E-state index >= 15 is 0 Å². The highest BCUT2D eigenvalue weighted by Crippen LogP contribution is 2.41. The van der Waals surface area contributed by atoms with Gasteiger partial charge in [-0.2, -0.15) is 0 Å². The smallest absolute Gasteiger partial charge is 0.0952 e. The third-order valence-corrected chi connectivity index (χ3v) is 6.27. The van der Waals surface area contributed by atoms with Crippen LogP contribution in [0.1, 0.15) is 56.0 Å². The normalized spacial score (nSPS) is 14.7. The minimum absolute atomic E-state index is 0.229. The summed E-state index contributed by atoms with van der Waals surface area (Å²) >= 11 is 8.05. The molecule has 0 amide bonds. The summed E-state index contributed by atoms with van der Waals surface area (Å²) in [5.74, 6) is 0. The molecule has 3 rings (SSSR count). The lowest BCUT2D eigenvalue weighted by Gasteiger charge is -2.26. The quantitative estimate of drug-likeness (QED) is 0.559. The summed E-state index contributed by atoms with van der Waals surface area (Å²) < 4.78 is 0.886. The zero-order valence-corrected chi connectivity index (χ0v) is 18.8. The molecule has 0 saturated carbocycles. The zero-order valence-electron chi connectivity index (χ0n) is 17.2. The number of fused-ring (bicyclic) bond motifs is 1. The van der Waals surface area contributed by atoms with E-state index in [1.54, 1.807) is 11.3 Å². The van der Waals surface area contributed by atoms with E-state index in [2.05, 4.69) is 69.6 Å². The van der Waals surface area contributed by atoms with Crippen molar-refractivity contribution in [2.24, 2.45) is 5.41 Å². The predicted octanol–water partition coefficient (Wildman–Crippen LogP) is 7.85. The molecule has 4 heteroatoms. The van der Waals surface area contributed by atoms with Crippen LogP contribution in [0, 0.1) is 19.3 Å². The molecule has 1 aromatic heterocycles. The van der Waals surface area contributed by atoms with Crippen molar-refractivity contribution in [1.29, 1.82) is 0 Å². The van der Waals surface area contributed by atoms with Gasteiger partial charge in [-0.3, -0.25) is 0 Å². The predicted molar refractivity (Wildman–Crippen MR) is 122 cm³/mol. The third-order valence-electron chi connectivity index (χ3n) is 4.96. The molecule has 0 unspecified atom stereocenters. The molecule has 1 N–H and O–H groups in total. The molecule has 2 nitrogen and oxygen atoms in total. The Hall–Kier alpha value is -1.45. The molecule has 146 valence electrons. The molecule has 1 aliphatic rings. The second-order valence-corrected chi connectivity index (χ2v) is 10.7. The number of anilines is 3. The standard InChI is InChI=1S/C23H31ClN2S/c1-15-11-18(12-16(2)22(15)25-17(3)14-23(4,5)6)26-10-8-7-9-20-19(26)13-21(24)27-20/h11-13,25H,3,7-10,14H2,1-2,4-6H3. The number of nitrogens with zero attached hydrogens (tertiary/aromatic N) is 1. The Bertz CT molecular complexity index is 822. The number of hydrogen-bond donors (Lipinski definition) is 1. The van der Waals surface area contributed by atoms with E-state index < -0.39 is 0 Å². The van der Waals surface area contributed by atoms with E-state index in [1.807, 2.05) is 0 Å². The fourth-order valence-electron chi connectivity index (χ4n) is 3.89. The molecular formula is C23H31ClN2S. The SMILES string of the molecule is C=C(CC(C)(C)C)Nc1c(C)cc(N2CCCCc3sc(Cl)cc32)cc1C. The molecule has 1 aliphatic heterocycles. The maximum Gasteiger partial charge on any atom is 0.0952 e. The van der Waals surface area contributed by atoms with Crippen molar-refractivity contribution in [2.75, 3.05) is 16.8 Å². The average molecular weight is 403 g/mol. The topological polar surface area (TPSA) is 15.3 Å². The molecule has 0 spiro atoms. The van der Waals surface area contributed by atoms with Crippen LogP contribution in [0.25, 0.3) is 0 Å². The van der Waals surface area contributed by atoms with E-state index in [1.165, 1.54) is 45.9 Å². The number of aryl methyl sites for hydroxylation is 3. The van der Waals surface area contributed by atoms with Gasteiger partial charge in [-0.05, 0) is 74.3 Å². The molecule has 0 atom stereocenters. The lowest BCUT2D eigenvalue weighted by Crippen LogP contribution is -2.18. The van der Waals surface area contributed by atoms with Crippen molar-refractivity contribution in [3.05, 3.63) is 50.8 Å². The maximum absolute atomic E-state index is 6.33. The monoisotopic (exact) mass is 402 g/mol. The van der Waals surface area contributed by atoms with Crippen LogP contribution in [0.3, 0.4) is 0 Å². The van der Waals surface area contributed by atoms with E-state index in [-0.39, 0.29) is 5.41 Å². The van der Waals surface area contributed by atoms with Gasteiger partial charge < -0.3 is 10.2 Å². The van der Waals surface area contributed by atoms with E-state index in [0.29, 0.717) is 0 Å². The summed E-state index contributed by atoms with van der Waals surface area (Å²) in [6.07, 6.45) is 4.52. The van der Waals surface area contributed by atoms with Gasteiger partial charge in [0.1, 0.15) is 0 Å². The van der Waals surface area contributed by atoms with Crippen LogP contribution in [0.15, 0.2) is 30.5 Å². The first-order chi connectivity index (χ1) is 12.6. The van der Waals surface area contributed by atoms with Crippen LogP contribution in [-0.4, -0.2) is 6.54 Å². The average Bonchev–Trinajstić information content (AvgIpc) is 2.78. The fraction of sp³-hybridized carbons (Fsp3) is 0.478. The first-order valence-corrected chi connectivity index (χ1v) is 11.0. The molecule has 1 aromatic carbocycles. The Labute approximate surface area is 173 Å². The van der Waals surface area contributed by atoms with Gasteiger partial charge in [0.2, 0.25) is 0 Å². The van der Waals surface area contributed by atoms with Gasteiger partial charge in [-0.1, -0.05) is 39.0 Å². The molecule has 0 saturated heterocycles. The van der Waals surface area contributed by atoms with Crippen molar-refractivity contribution in [3.8, 4) is 0 Å². The molecule has 2 aromatic rings. The number of rotatable bonds is 4. The molecule has 0 aliphatic carbocycles. The summed E-state index contributed by atoms with van der Waals surface area (Å²) in [4.78, 5) is 3.85. The van der Waals surface area contributed by atoms with Crippen molar-refractivity contribution in [2.45, 2.75) is 60.3 Å². The summed E-state index contributed by atoms with van der Waals surface area (Å²) in [7, 11) is 0. The van der Waals surface area contributed by atoms with Gasteiger partial charge in [-0.25, -0.2) is 0 Å². The van der Waals surface area contributed by atoms with Crippen LogP contribution in [0.2, 0.25) is 4.34 Å². The second kappa shape index (κ2) is 7.89. The molecular weight excluding hydrogens is 372 g/mol. The third kappa shape index (κ3) is 4.89. The van der Waals surface area contributed by atoms with Crippen molar-refractivity contribution in [3.63, 3.8) is 0 Å². The largest absolute Gasteiger partial charge is 0.359 e. The van der Waals surface area contributed by atoms with Crippen LogP contribution >= 0.6 is 22.9 Å². The molecule has 0 fully saturated rings. The minimum atomic E-state index is 0.229. The van der Waals surface area contributed by atoms with E-state index in [4.69, 9.17) is 11.6 Å². The summed E-state index contributed by atoms with van der Waals surface area (Å²) in [6, 6.07) is 6.72. The van der Waals surface area contributed by atoms with Gasteiger partial charge in [-0.15, -0.1) is 11.3 Å². The summed E-state index contributed by atoms with van der Waals surface area (Å²) in [5, 5.41) is 3.57. The van der Waals surface area contributed by atoms with Crippen LogP contribution in [-0.2, 0) is 6.42 Å². The van der Waals surface area contributed by atoms with E-state index in [0.717, 1.165) is 29.4 Å². The number of allylic oxidation sites excluding steroid dienone is 1. The molecule has 0 bridgehead atoms. The minimum Gasteiger partial charge on any atom is -0.359 e. The van der Waals surface area contributed by atoms with Gasteiger partial charge in [0.15, 0.2) is 0 Å². The highest BCUT2D eigenvalue weighted by molar-refractivity contribution is 7.16. The Morgan fingerprint density at radius 3 is 2.48 bits per heavy atom. The van der Waals surface area contributed by atoms with Crippen molar-refractivity contribution in [1.82, 2.24) is 0 Å². The number of halogens is 1. The van der Waals surface area contributed by atoms with Crippen LogP contribution < -0.4 is 10.2 Å². The Morgan fingerprint density at radius 2 is 1.85 bits per heavy atom. The Balaban J connectivity index is 1.90. The van der Waals surface area contributed by atoms with Gasteiger partial charge in [0.05, 0.1) is 10.0 Å². The fourth-order valence-corrected chi connectivity index (χ4v) is 5.20. The summed E-state index contributed by atoms with van der Waals surface area (Å²) in [6.45, 7) is 16.4. The number of benzene rings is 1. The van der Waals surface area contributed by atoms with Gasteiger partial charge >= 0.3 is 0 Å². The Kier molecular flexibility index (Phi) is 5.93. The molecule has 0 radical (unpaired) electrons. The van der Waals surface area contributed by atoms with E-state index in [9.17, 15) is 0 Å². The highest BCUT2D eigenvalue weighted by Gasteiger charge is 2.21. The van der Waals surface area contributed by atoms with Gasteiger partial charge in [0, 0.05) is 28.5 Å². The molecule has 2 heterocycles. The van der Waals surface area contributed by atoms with Crippen molar-refractivity contribution >= 4 is 40.0 Å². The maximum atomic E-state index is 6.33. The van der Waals surface area contributed by atoms with Crippen LogP contribution in [0.4, 0.5) is 17.1 Å². The van der Waals surface area contributed by atoms with Gasteiger partial charge in [0.25, 0.3) is 0 Å². The molecule has 27 heavy (non-hydrogen) atoms. The van der Waals surface area contributed by atoms with Crippen molar-refractivity contribution < 1.29 is 0 Å². The highest BCUT2D eigenvalue weighted by atomic mass is 35.5. The van der Waals surface area contributed by atoms with Crippen LogP contribution in [0.5, 0.6) is 0 Å². The second-order valence-electron chi connectivity index (χ2n) is 8.89. The number of hydrogen-bond acceptors (Lipinski definition) is 3. The first kappa shape index (κ1) is 20.3. The zero-order chi connectivity index (χ0) is 19.8. The number of thiophene rings is 1. The first-order valence-electron chi connectivity index (χ1n) is 9.76.